The molecule has 6 heteroatoms. The van der Waals surface area contributed by atoms with Gasteiger partial charge < -0.3 is 15.5 Å². The van der Waals surface area contributed by atoms with Crippen LogP contribution in [0.5, 0.6) is 0 Å². The summed E-state index contributed by atoms with van der Waals surface area (Å²) in [5, 5.41) is 0.982. The molecule has 1 unspecified atom stereocenters. The average molecular weight is 303 g/mol. The maximum atomic E-state index is 6.29. The van der Waals surface area contributed by atoms with Gasteiger partial charge in [-0.15, -0.1) is 0 Å². The van der Waals surface area contributed by atoms with Crippen molar-refractivity contribution in [2.24, 2.45) is 0 Å². The second kappa shape index (κ2) is 6.16. The highest BCUT2D eigenvalue weighted by Gasteiger charge is 2.25. The molecular weight excluding hydrogens is 283 g/mol. The van der Waals surface area contributed by atoms with E-state index in [2.05, 4.69) is 28.8 Å². The Bertz CT molecular complexity index is 453. The zero-order chi connectivity index (χ0) is 14.0. The predicted octanol–water partition coefficient (Wildman–Crippen LogP) is 2.89. The molecule has 19 heavy (non-hydrogen) atoms. The largest absolute Gasteiger partial charge is 0.382 e. The smallest absolute Gasteiger partial charge is 0.150 e. The van der Waals surface area contributed by atoms with Gasteiger partial charge in [-0.3, -0.25) is 0 Å². The van der Waals surface area contributed by atoms with Crippen molar-refractivity contribution in [3.8, 4) is 0 Å². The lowest BCUT2D eigenvalue weighted by atomic mass is 10.2. The lowest BCUT2D eigenvalue weighted by Gasteiger charge is -2.32. The van der Waals surface area contributed by atoms with Crippen molar-refractivity contribution in [2.45, 2.75) is 25.8 Å². The first-order chi connectivity index (χ1) is 9.02. The van der Waals surface area contributed by atoms with E-state index in [9.17, 15) is 0 Å². The molecule has 0 aromatic carbocycles. The van der Waals surface area contributed by atoms with E-state index in [4.69, 9.17) is 28.9 Å². The van der Waals surface area contributed by atoms with E-state index >= 15 is 0 Å². The van der Waals surface area contributed by atoms with E-state index in [1.807, 2.05) is 0 Å². The van der Waals surface area contributed by atoms with Crippen LogP contribution in [-0.4, -0.2) is 42.6 Å². The molecule has 2 N–H and O–H groups in total. The molecule has 2 rings (SSSR count). The molecule has 0 spiro atoms. The molecule has 106 valence electrons. The Labute approximate surface area is 124 Å². The normalized spacial score (nSPS) is 21.5. The summed E-state index contributed by atoms with van der Waals surface area (Å²) in [5.74, 6) is 1.10. The fourth-order valence-corrected chi connectivity index (χ4v) is 3.01. The Morgan fingerprint density at radius 3 is 2.79 bits per heavy atom. The molecule has 2 heterocycles. The van der Waals surface area contributed by atoms with Gasteiger partial charge in [-0.05, 0) is 32.5 Å². The number of hydrogen-bond acceptors (Lipinski definition) is 4. The summed E-state index contributed by atoms with van der Waals surface area (Å²) in [6.45, 7) is 5.23. The molecule has 1 atom stereocenters. The molecular formula is C13H20Cl2N4. The summed E-state index contributed by atoms with van der Waals surface area (Å²) in [5.41, 5.74) is 5.81. The molecule has 1 fully saturated rings. The lowest BCUT2D eigenvalue weighted by molar-refractivity contribution is 0.327. The zero-order valence-electron chi connectivity index (χ0n) is 11.4. The van der Waals surface area contributed by atoms with E-state index in [0.717, 1.165) is 38.3 Å². The maximum Gasteiger partial charge on any atom is 0.150 e. The molecule has 1 saturated heterocycles. The van der Waals surface area contributed by atoms with Crippen molar-refractivity contribution in [1.29, 1.82) is 0 Å². The highest BCUT2D eigenvalue weighted by molar-refractivity contribution is 6.37. The van der Waals surface area contributed by atoms with Gasteiger partial charge in [0.25, 0.3) is 0 Å². The van der Waals surface area contributed by atoms with E-state index in [1.54, 1.807) is 6.07 Å². The van der Waals surface area contributed by atoms with Crippen LogP contribution >= 0.6 is 23.2 Å². The van der Waals surface area contributed by atoms with Crippen LogP contribution in [0.1, 0.15) is 19.8 Å². The molecule has 1 aliphatic heterocycles. The summed E-state index contributed by atoms with van der Waals surface area (Å²) < 4.78 is 0. The number of nitrogen functional groups attached to an aromatic ring is 1. The zero-order valence-corrected chi connectivity index (χ0v) is 12.9. The third kappa shape index (κ3) is 3.25. The summed E-state index contributed by atoms with van der Waals surface area (Å²) in [7, 11) is 2.15. The van der Waals surface area contributed by atoms with Crippen LogP contribution in [0.3, 0.4) is 0 Å². The van der Waals surface area contributed by atoms with E-state index < -0.39 is 0 Å². The summed E-state index contributed by atoms with van der Waals surface area (Å²) in [6.07, 6.45) is 2.14. The molecule has 0 saturated carbocycles. The average Bonchev–Trinajstić information content (AvgIpc) is 2.55. The van der Waals surface area contributed by atoms with Crippen LogP contribution in [0.25, 0.3) is 0 Å². The molecule has 1 aromatic rings. The number of hydrogen-bond donors (Lipinski definition) is 1. The Morgan fingerprint density at radius 2 is 2.11 bits per heavy atom. The quantitative estimate of drug-likeness (QED) is 0.912. The van der Waals surface area contributed by atoms with Crippen LogP contribution in [0.4, 0.5) is 11.6 Å². The van der Waals surface area contributed by atoms with Crippen molar-refractivity contribution in [1.82, 2.24) is 9.88 Å². The van der Waals surface area contributed by atoms with Gasteiger partial charge in [0.1, 0.15) is 11.6 Å². The minimum Gasteiger partial charge on any atom is -0.382 e. The lowest BCUT2D eigenvalue weighted by Crippen LogP contribution is -2.40. The van der Waals surface area contributed by atoms with Crippen molar-refractivity contribution >= 4 is 34.8 Å². The fourth-order valence-electron chi connectivity index (χ4n) is 2.54. The first-order valence-electron chi connectivity index (χ1n) is 6.59. The van der Waals surface area contributed by atoms with Gasteiger partial charge in [-0.2, -0.15) is 0 Å². The first kappa shape index (κ1) is 14.7. The van der Waals surface area contributed by atoms with Gasteiger partial charge in [0.15, 0.2) is 0 Å². The Morgan fingerprint density at radius 1 is 1.37 bits per heavy atom. The van der Waals surface area contributed by atoms with Crippen LogP contribution < -0.4 is 10.6 Å². The number of likely N-dealkylation sites (N-methyl/N-ethyl adjacent to an activating group) is 1. The molecule has 0 amide bonds. The van der Waals surface area contributed by atoms with E-state index in [0.29, 0.717) is 21.9 Å². The van der Waals surface area contributed by atoms with Crippen LogP contribution in [-0.2, 0) is 0 Å². The maximum absolute atomic E-state index is 6.29. The number of aromatic nitrogens is 1. The minimum absolute atomic E-state index is 0.341. The highest BCUT2D eigenvalue weighted by Crippen LogP contribution is 2.32. The second-order valence-electron chi connectivity index (χ2n) is 5.03. The Kier molecular flexibility index (Phi) is 4.76. The van der Waals surface area contributed by atoms with Gasteiger partial charge >= 0.3 is 0 Å². The number of pyridine rings is 1. The molecule has 0 aliphatic carbocycles. The summed E-state index contributed by atoms with van der Waals surface area (Å²) >= 11 is 12.2. The van der Waals surface area contributed by atoms with Gasteiger partial charge in [-0.1, -0.05) is 30.1 Å². The topological polar surface area (TPSA) is 45.4 Å². The van der Waals surface area contributed by atoms with Gasteiger partial charge in [0, 0.05) is 19.1 Å². The van der Waals surface area contributed by atoms with E-state index in [1.165, 1.54) is 0 Å². The highest BCUT2D eigenvalue weighted by atomic mass is 35.5. The standard InChI is InChI=1S/C13H20Cl2N4/c1-3-9-8-18(2)5-4-6-19(9)13-11(15)7-10(14)12(16)17-13/h7,9H,3-6,8H2,1-2H3,(H2,16,17). The first-order valence-corrected chi connectivity index (χ1v) is 7.35. The number of nitrogens with zero attached hydrogens (tertiary/aromatic N) is 3. The van der Waals surface area contributed by atoms with Gasteiger partial charge in [0.05, 0.1) is 10.0 Å². The van der Waals surface area contributed by atoms with Gasteiger partial charge in [0.2, 0.25) is 0 Å². The van der Waals surface area contributed by atoms with Crippen molar-refractivity contribution in [3.05, 3.63) is 16.1 Å². The molecule has 0 bridgehead atoms. The number of anilines is 2. The van der Waals surface area contributed by atoms with Crippen molar-refractivity contribution in [3.63, 3.8) is 0 Å². The van der Waals surface area contributed by atoms with Crippen LogP contribution in [0.15, 0.2) is 6.07 Å². The predicted molar refractivity (Wildman–Crippen MR) is 82.2 cm³/mol. The third-order valence-electron chi connectivity index (χ3n) is 3.58. The number of rotatable bonds is 2. The Balaban J connectivity index is 2.35. The molecule has 0 radical (unpaired) electrons. The SMILES string of the molecule is CCC1CN(C)CCCN1c1nc(N)c(Cl)cc1Cl. The van der Waals surface area contributed by atoms with Crippen molar-refractivity contribution < 1.29 is 0 Å². The second-order valence-corrected chi connectivity index (χ2v) is 5.85. The van der Waals surface area contributed by atoms with E-state index in [-0.39, 0.29) is 0 Å². The third-order valence-corrected chi connectivity index (χ3v) is 4.16. The molecule has 4 nitrogen and oxygen atoms in total. The summed E-state index contributed by atoms with van der Waals surface area (Å²) in [6, 6.07) is 2.08. The van der Waals surface area contributed by atoms with Gasteiger partial charge in [-0.25, -0.2) is 4.98 Å². The number of halogens is 2. The fraction of sp³-hybridized carbons (Fsp3) is 0.615. The van der Waals surface area contributed by atoms with Crippen LogP contribution in [0, 0.1) is 0 Å². The molecule has 1 aliphatic rings. The molecule has 1 aromatic heterocycles. The van der Waals surface area contributed by atoms with Crippen LogP contribution in [0.2, 0.25) is 10.0 Å². The Hall–Kier alpha value is -0.710. The minimum atomic E-state index is 0.341. The number of nitrogens with two attached hydrogens (primary N) is 1. The van der Waals surface area contributed by atoms with Crippen molar-refractivity contribution in [2.75, 3.05) is 37.3 Å². The monoisotopic (exact) mass is 302 g/mol. The summed E-state index contributed by atoms with van der Waals surface area (Å²) in [4.78, 5) is 8.99.